The number of benzene rings is 3. The number of sulfonamides is 1. The Kier molecular flexibility index (Phi) is 7.28. The highest BCUT2D eigenvalue weighted by molar-refractivity contribution is 7.92. The highest BCUT2D eigenvalue weighted by atomic mass is 35.5. The van der Waals surface area contributed by atoms with E-state index in [-0.39, 0.29) is 10.6 Å². The zero-order valence-electron chi connectivity index (χ0n) is 20.1. The highest BCUT2D eigenvalue weighted by Gasteiger charge is 2.22. The molecule has 0 unspecified atom stereocenters. The molecule has 0 aliphatic rings. The van der Waals surface area contributed by atoms with E-state index >= 15 is 0 Å². The van der Waals surface area contributed by atoms with Crippen molar-refractivity contribution in [1.29, 1.82) is 0 Å². The van der Waals surface area contributed by atoms with Crippen LogP contribution in [0.2, 0.25) is 5.15 Å². The number of nitrogens with one attached hydrogen (secondary N) is 2. The van der Waals surface area contributed by atoms with Crippen molar-refractivity contribution in [3.63, 3.8) is 0 Å². The molecule has 0 atom stereocenters. The molecule has 0 aliphatic carbocycles. The Bertz CT molecular complexity index is 1620. The number of nitro groups is 1. The number of nitrogens with zero attached hydrogens (tertiary/aromatic N) is 4. The summed E-state index contributed by atoms with van der Waals surface area (Å²) in [5.74, 6) is 0. The lowest BCUT2D eigenvalue weighted by Gasteiger charge is -2.12. The van der Waals surface area contributed by atoms with E-state index in [1.165, 1.54) is 18.3 Å². The predicted molar refractivity (Wildman–Crippen MR) is 144 cm³/mol. The van der Waals surface area contributed by atoms with E-state index in [2.05, 4.69) is 20.3 Å². The molecule has 0 spiro atoms. The van der Waals surface area contributed by atoms with Crippen LogP contribution in [0.5, 0.6) is 0 Å². The standard InChI is InChI=1S/C25H23ClN6O4S/c1-16-9-11-22(17(2)13-16)30-37(35,36)20-10-12-23(24(14-20)32(33)34)28-27-15-21-18(3)29-31(25(21)26)19-7-5-4-6-8-19/h4-15,28,30H,1-3H3. The first-order valence-corrected chi connectivity index (χ1v) is 12.9. The average molecular weight is 539 g/mol. The van der Waals surface area contributed by atoms with Crippen molar-refractivity contribution in [2.24, 2.45) is 5.10 Å². The first-order valence-electron chi connectivity index (χ1n) is 11.0. The number of hydrogen-bond donors (Lipinski definition) is 2. The fourth-order valence-electron chi connectivity index (χ4n) is 3.62. The summed E-state index contributed by atoms with van der Waals surface area (Å²) in [7, 11) is -4.07. The van der Waals surface area contributed by atoms with Gasteiger partial charge in [-0.15, -0.1) is 0 Å². The highest BCUT2D eigenvalue weighted by Crippen LogP contribution is 2.29. The molecule has 3 aromatic carbocycles. The smallest absolute Gasteiger partial charge is 0.279 e. The van der Waals surface area contributed by atoms with Gasteiger partial charge in [-0.25, -0.2) is 13.1 Å². The molecule has 0 aliphatic heterocycles. The van der Waals surface area contributed by atoms with Gasteiger partial charge in [0.15, 0.2) is 0 Å². The summed E-state index contributed by atoms with van der Waals surface area (Å²) in [6.45, 7) is 5.43. The lowest BCUT2D eigenvalue weighted by molar-refractivity contribution is -0.384. The van der Waals surface area contributed by atoms with E-state index in [4.69, 9.17) is 11.6 Å². The molecule has 0 radical (unpaired) electrons. The second kappa shape index (κ2) is 10.4. The summed E-state index contributed by atoms with van der Waals surface area (Å²) in [5, 5.41) is 20.5. The van der Waals surface area contributed by atoms with Crippen molar-refractivity contribution in [3.8, 4) is 5.69 Å². The Balaban J connectivity index is 1.58. The summed E-state index contributed by atoms with van der Waals surface area (Å²) < 4.78 is 29.9. The quantitative estimate of drug-likeness (QED) is 0.170. The first-order chi connectivity index (χ1) is 17.6. The Labute approximate surface area is 218 Å². The number of anilines is 2. The SMILES string of the molecule is Cc1ccc(NS(=O)(=O)c2ccc(NN=Cc3c(C)nn(-c4ccccc4)c3Cl)c([N+](=O)[O-])c2)c(C)c1. The summed E-state index contributed by atoms with van der Waals surface area (Å²) >= 11 is 6.48. The second-order valence-corrected chi connectivity index (χ2v) is 10.3. The molecule has 0 bridgehead atoms. The van der Waals surface area contributed by atoms with Crippen molar-refractivity contribution in [1.82, 2.24) is 9.78 Å². The van der Waals surface area contributed by atoms with Crippen molar-refractivity contribution < 1.29 is 13.3 Å². The van der Waals surface area contributed by atoms with Gasteiger partial charge in [0.2, 0.25) is 0 Å². The lowest BCUT2D eigenvalue weighted by Crippen LogP contribution is -2.14. The van der Waals surface area contributed by atoms with E-state index in [0.717, 1.165) is 22.9 Å². The van der Waals surface area contributed by atoms with Crippen LogP contribution in [-0.4, -0.2) is 29.3 Å². The van der Waals surface area contributed by atoms with Crippen LogP contribution in [0.15, 0.2) is 76.7 Å². The third-order valence-electron chi connectivity index (χ3n) is 5.53. The molecular weight excluding hydrogens is 516 g/mol. The molecule has 2 N–H and O–H groups in total. The Morgan fingerprint density at radius 2 is 1.73 bits per heavy atom. The maximum absolute atomic E-state index is 12.9. The van der Waals surface area contributed by atoms with E-state index < -0.39 is 20.6 Å². The molecular formula is C25H23ClN6O4S. The van der Waals surface area contributed by atoms with E-state index in [0.29, 0.717) is 22.1 Å². The molecule has 0 fully saturated rings. The van der Waals surface area contributed by atoms with Crippen LogP contribution in [0.1, 0.15) is 22.4 Å². The fourth-order valence-corrected chi connectivity index (χ4v) is 5.09. The minimum absolute atomic E-state index is 0.0101. The van der Waals surface area contributed by atoms with E-state index in [1.807, 2.05) is 43.3 Å². The van der Waals surface area contributed by atoms with E-state index in [1.54, 1.807) is 30.7 Å². The molecule has 4 rings (SSSR count). The van der Waals surface area contributed by atoms with Crippen LogP contribution in [0.25, 0.3) is 5.69 Å². The Morgan fingerprint density at radius 3 is 2.41 bits per heavy atom. The summed E-state index contributed by atoms with van der Waals surface area (Å²) in [5.41, 5.74) is 6.17. The van der Waals surface area contributed by atoms with Gasteiger partial charge in [0.1, 0.15) is 10.8 Å². The Morgan fingerprint density at radius 1 is 1.03 bits per heavy atom. The van der Waals surface area contributed by atoms with Gasteiger partial charge in [-0.2, -0.15) is 10.2 Å². The van der Waals surface area contributed by atoms with Crippen molar-refractivity contribution in [3.05, 3.63) is 104 Å². The van der Waals surface area contributed by atoms with Crippen molar-refractivity contribution in [2.45, 2.75) is 25.7 Å². The molecule has 1 heterocycles. The number of para-hydroxylation sites is 1. The van der Waals surface area contributed by atoms with Gasteiger partial charge in [-0.1, -0.05) is 47.5 Å². The number of rotatable bonds is 8. The topological polar surface area (TPSA) is 132 Å². The van der Waals surface area contributed by atoms with Gasteiger partial charge in [0, 0.05) is 6.07 Å². The number of nitro benzene ring substituents is 1. The molecule has 10 nitrogen and oxygen atoms in total. The maximum atomic E-state index is 12.9. The third-order valence-corrected chi connectivity index (χ3v) is 7.26. The molecule has 1 aromatic heterocycles. The maximum Gasteiger partial charge on any atom is 0.295 e. The van der Waals surface area contributed by atoms with Crippen LogP contribution in [-0.2, 0) is 10.0 Å². The lowest BCUT2D eigenvalue weighted by atomic mass is 10.1. The number of hydrazone groups is 1. The molecule has 0 amide bonds. The largest absolute Gasteiger partial charge is 0.295 e. The van der Waals surface area contributed by atoms with Crippen LogP contribution < -0.4 is 10.1 Å². The van der Waals surface area contributed by atoms with Gasteiger partial charge < -0.3 is 0 Å². The summed E-state index contributed by atoms with van der Waals surface area (Å²) in [4.78, 5) is 10.8. The van der Waals surface area contributed by atoms with Crippen molar-refractivity contribution >= 4 is 44.9 Å². The van der Waals surface area contributed by atoms with Gasteiger partial charge >= 0.3 is 0 Å². The second-order valence-electron chi connectivity index (χ2n) is 8.27. The van der Waals surface area contributed by atoms with Crippen LogP contribution >= 0.6 is 11.6 Å². The zero-order valence-corrected chi connectivity index (χ0v) is 21.7. The average Bonchev–Trinajstić information content (AvgIpc) is 3.14. The number of hydrogen-bond acceptors (Lipinski definition) is 7. The minimum Gasteiger partial charge on any atom is -0.279 e. The van der Waals surface area contributed by atoms with Gasteiger partial charge in [-0.3, -0.25) is 20.3 Å². The Hall–Kier alpha value is -4.22. The molecule has 12 heteroatoms. The van der Waals surface area contributed by atoms with Gasteiger partial charge in [0.05, 0.1) is 38.7 Å². The van der Waals surface area contributed by atoms with Crippen LogP contribution in [0.3, 0.4) is 0 Å². The molecule has 37 heavy (non-hydrogen) atoms. The van der Waals surface area contributed by atoms with Gasteiger partial charge in [0.25, 0.3) is 15.7 Å². The van der Waals surface area contributed by atoms with Crippen LogP contribution in [0, 0.1) is 30.9 Å². The van der Waals surface area contributed by atoms with Crippen LogP contribution in [0.4, 0.5) is 17.1 Å². The predicted octanol–water partition coefficient (Wildman–Crippen LogP) is 5.61. The minimum atomic E-state index is -4.07. The zero-order chi connectivity index (χ0) is 26.7. The molecule has 190 valence electrons. The molecule has 4 aromatic rings. The molecule has 0 saturated heterocycles. The number of aryl methyl sites for hydroxylation is 3. The normalized spacial score (nSPS) is 11.6. The number of halogens is 1. The molecule has 0 saturated carbocycles. The first kappa shape index (κ1) is 25.9. The monoisotopic (exact) mass is 538 g/mol. The summed E-state index contributed by atoms with van der Waals surface area (Å²) in [6.07, 6.45) is 1.40. The van der Waals surface area contributed by atoms with E-state index in [9.17, 15) is 18.5 Å². The third kappa shape index (κ3) is 5.63. The van der Waals surface area contributed by atoms with Crippen molar-refractivity contribution in [2.75, 3.05) is 10.1 Å². The fraction of sp³-hybridized carbons (Fsp3) is 0.120. The van der Waals surface area contributed by atoms with Gasteiger partial charge in [-0.05, 0) is 56.7 Å². The number of aromatic nitrogens is 2. The summed E-state index contributed by atoms with van der Waals surface area (Å²) in [6, 6.07) is 18.1.